The van der Waals surface area contributed by atoms with Gasteiger partial charge in [-0.2, -0.15) is 0 Å². The largest absolute Gasteiger partial charge is 0.378 e. The number of benzene rings is 1. The summed E-state index contributed by atoms with van der Waals surface area (Å²) >= 11 is 0. The van der Waals surface area contributed by atoms with Gasteiger partial charge in [0.1, 0.15) is 0 Å². The minimum Gasteiger partial charge on any atom is -0.378 e. The molecule has 1 heterocycles. The van der Waals surface area contributed by atoms with Crippen molar-refractivity contribution >= 4 is 17.3 Å². The van der Waals surface area contributed by atoms with Gasteiger partial charge in [0, 0.05) is 31.9 Å². The normalized spacial score (nSPS) is 18.9. The Hall–Kier alpha value is -1.55. The highest BCUT2D eigenvalue weighted by molar-refractivity contribution is 6.03. The molecule has 0 radical (unpaired) electrons. The van der Waals surface area contributed by atoms with Gasteiger partial charge in [0.25, 0.3) is 5.91 Å². The number of hydrogen-bond acceptors (Lipinski definition) is 3. The van der Waals surface area contributed by atoms with E-state index in [1.807, 2.05) is 25.2 Å². The topological polar surface area (TPSA) is 43.8 Å². The van der Waals surface area contributed by atoms with E-state index in [9.17, 15) is 9.90 Å². The second kappa shape index (κ2) is 3.79. The van der Waals surface area contributed by atoms with Gasteiger partial charge in [-0.1, -0.05) is 6.07 Å². The van der Waals surface area contributed by atoms with Crippen LogP contribution in [-0.4, -0.2) is 31.7 Å². The average Bonchev–Trinajstić information content (AvgIpc) is 2.53. The van der Waals surface area contributed by atoms with Gasteiger partial charge in [-0.3, -0.25) is 4.79 Å². The van der Waals surface area contributed by atoms with E-state index < -0.39 is 6.10 Å². The number of hydrogen-bond donors (Lipinski definition) is 1. The number of amides is 1. The molecular weight excluding hydrogens is 204 g/mol. The maximum absolute atomic E-state index is 11.6. The minimum atomic E-state index is -0.999. The molecule has 1 N–H and O–H groups in total. The third kappa shape index (κ3) is 1.46. The van der Waals surface area contributed by atoms with Crippen LogP contribution < -0.4 is 9.80 Å². The van der Waals surface area contributed by atoms with Gasteiger partial charge in [0.05, 0.1) is 5.69 Å². The first kappa shape index (κ1) is 11.0. The first-order chi connectivity index (χ1) is 7.56. The van der Waals surface area contributed by atoms with Crippen molar-refractivity contribution in [1.82, 2.24) is 0 Å². The summed E-state index contributed by atoms with van der Waals surface area (Å²) in [4.78, 5) is 15.2. The molecule has 86 valence electrons. The number of rotatable bonds is 2. The first-order valence-corrected chi connectivity index (χ1v) is 5.37. The van der Waals surface area contributed by atoms with Crippen LogP contribution in [0.25, 0.3) is 0 Å². The van der Waals surface area contributed by atoms with E-state index in [1.165, 1.54) is 4.90 Å². The lowest BCUT2D eigenvalue weighted by Crippen LogP contribution is -2.23. The lowest BCUT2D eigenvalue weighted by Gasteiger charge is -2.19. The molecule has 1 aliphatic heterocycles. The molecule has 1 amide bonds. The van der Waals surface area contributed by atoms with Gasteiger partial charge >= 0.3 is 0 Å². The second-order valence-electron chi connectivity index (χ2n) is 4.06. The van der Waals surface area contributed by atoms with Crippen LogP contribution in [0.5, 0.6) is 0 Å². The molecule has 4 heteroatoms. The van der Waals surface area contributed by atoms with Crippen molar-refractivity contribution < 1.29 is 9.90 Å². The monoisotopic (exact) mass is 220 g/mol. The Bertz CT molecular complexity index is 431. The fraction of sp³-hybridized carbons (Fsp3) is 0.417. The molecule has 1 atom stereocenters. The van der Waals surface area contributed by atoms with Gasteiger partial charge in [-0.05, 0) is 19.1 Å². The molecule has 16 heavy (non-hydrogen) atoms. The van der Waals surface area contributed by atoms with Gasteiger partial charge in [-0.25, -0.2) is 0 Å². The van der Waals surface area contributed by atoms with Crippen molar-refractivity contribution in [2.75, 3.05) is 30.4 Å². The molecule has 1 aromatic carbocycles. The van der Waals surface area contributed by atoms with Crippen LogP contribution in [0.2, 0.25) is 0 Å². The van der Waals surface area contributed by atoms with Crippen LogP contribution in [0.1, 0.15) is 18.6 Å². The predicted molar refractivity (Wildman–Crippen MR) is 63.8 cm³/mol. The average molecular weight is 220 g/mol. The zero-order chi connectivity index (χ0) is 11.9. The summed E-state index contributed by atoms with van der Waals surface area (Å²) in [6, 6.07) is 5.69. The standard InChI is InChI=1S/C12H16N2O2/c1-4-13(2)8-5-6-9-10(7-8)14(3)12(16)11(9)15/h5-7,11,15H,4H2,1-3H3. The Morgan fingerprint density at radius 3 is 2.81 bits per heavy atom. The molecule has 2 rings (SSSR count). The van der Waals surface area contributed by atoms with E-state index in [0.29, 0.717) is 5.56 Å². The molecule has 0 saturated carbocycles. The van der Waals surface area contributed by atoms with E-state index in [1.54, 1.807) is 7.05 Å². The first-order valence-electron chi connectivity index (χ1n) is 5.37. The van der Waals surface area contributed by atoms with E-state index in [0.717, 1.165) is 17.9 Å². The van der Waals surface area contributed by atoms with Crippen LogP contribution in [0.3, 0.4) is 0 Å². The molecule has 0 fully saturated rings. The zero-order valence-electron chi connectivity index (χ0n) is 9.77. The Kier molecular flexibility index (Phi) is 2.59. The molecule has 0 saturated heterocycles. The summed E-state index contributed by atoms with van der Waals surface area (Å²) in [6.07, 6.45) is -0.999. The van der Waals surface area contributed by atoms with E-state index in [2.05, 4.69) is 11.8 Å². The fourth-order valence-electron chi connectivity index (χ4n) is 1.91. The minimum absolute atomic E-state index is 0.258. The molecule has 0 bridgehead atoms. The number of carbonyl (C=O) groups is 1. The van der Waals surface area contributed by atoms with Gasteiger partial charge in [0.15, 0.2) is 6.10 Å². The van der Waals surface area contributed by atoms with Crippen molar-refractivity contribution in [1.29, 1.82) is 0 Å². The second-order valence-corrected chi connectivity index (χ2v) is 4.06. The highest BCUT2D eigenvalue weighted by Crippen LogP contribution is 2.37. The summed E-state index contributed by atoms with van der Waals surface area (Å²) in [7, 11) is 3.68. The third-order valence-electron chi connectivity index (χ3n) is 3.15. The van der Waals surface area contributed by atoms with Crippen LogP contribution in [0, 0.1) is 0 Å². The van der Waals surface area contributed by atoms with Crippen molar-refractivity contribution in [3.8, 4) is 0 Å². The number of fused-ring (bicyclic) bond motifs is 1. The van der Waals surface area contributed by atoms with E-state index in [4.69, 9.17) is 0 Å². The summed E-state index contributed by atoms with van der Waals surface area (Å²) < 4.78 is 0. The third-order valence-corrected chi connectivity index (χ3v) is 3.15. The number of nitrogens with zero attached hydrogens (tertiary/aromatic N) is 2. The van der Waals surface area contributed by atoms with Crippen molar-refractivity contribution in [2.24, 2.45) is 0 Å². The summed E-state index contributed by atoms with van der Waals surface area (Å²) in [5.74, 6) is -0.258. The van der Waals surface area contributed by atoms with E-state index in [-0.39, 0.29) is 5.91 Å². The molecule has 1 aromatic rings. The number of aliphatic hydroxyl groups excluding tert-OH is 1. The Morgan fingerprint density at radius 1 is 1.50 bits per heavy atom. The molecule has 0 spiro atoms. The highest BCUT2D eigenvalue weighted by Gasteiger charge is 2.33. The SMILES string of the molecule is CCN(C)c1ccc2c(c1)N(C)C(=O)C2O. The van der Waals surface area contributed by atoms with Gasteiger partial charge < -0.3 is 14.9 Å². The van der Waals surface area contributed by atoms with Crippen LogP contribution in [0.4, 0.5) is 11.4 Å². The fourth-order valence-corrected chi connectivity index (χ4v) is 1.91. The molecular formula is C12H16N2O2. The molecule has 1 aliphatic rings. The molecule has 0 aromatic heterocycles. The highest BCUT2D eigenvalue weighted by atomic mass is 16.3. The van der Waals surface area contributed by atoms with Crippen LogP contribution in [-0.2, 0) is 4.79 Å². The van der Waals surface area contributed by atoms with Crippen molar-refractivity contribution in [3.05, 3.63) is 23.8 Å². The molecule has 1 unspecified atom stereocenters. The quantitative estimate of drug-likeness (QED) is 0.813. The summed E-state index contributed by atoms with van der Waals surface area (Å²) in [5.41, 5.74) is 2.55. The Morgan fingerprint density at radius 2 is 2.19 bits per heavy atom. The lowest BCUT2D eigenvalue weighted by molar-refractivity contribution is -0.125. The van der Waals surface area contributed by atoms with Crippen LogP contribution >= 0.6 is 0 Å². The summed E-state index contributed by atoms with van der Waals surface area (Å²) in [6.45, 7) is 2.97. The van der Waals surface area contributed by atoms with Gasteiger partial charge in [-0.15, -0.1) is 0 Å². The number of aliphatic hydroxyl groups is 1. The van der Waals surface area contributed by atoms with Crippen molar-refractivity contribution in [3.63, 3.8) is 0 Å². The van der Waals surface area contributed by atoms with E-state index >= 15 is 0 Å². The maximum atomic E-state index is 11.6. The Balaban J connectivity index is 2.45. The number of likely N-dealkylation sites (N-methyl/N-ethyl adjacent to an activating group) is 1. The Labute approximate surface area is 95.1 Å². The lowest BCUT2D eigenvalue weighted by atomic mass is 10.1. The van der Waals surface area contributed by atoms with Gasteiger partial charge in [0.2, 0.25) is 0 Å². The molecule has 0 aliphatic carbocycles. The summed E-state index contributed by atoms with van der Waals surface area (Å²) in [5, 5.41) is 9.70. The van der Waals surface area contributed by atoms with Crippen LogP contribution in [0.15, 0.2) is 18.2 Å². The number of carbonyl (C=O) groups excluding carboxylic acids is 1. The smallest absolute Gasteiger partial charge is 0.260 e. The molecule has 4 nitrogen and oxygen atoms in total. The van der Waals surface area contributed by atoms with Crippen molar-refractivity contribution in [2.45, 2.75) is 13.0 Å². The zero-order valence-corrected chi connectivity index (χ0v) is 9.77. The number of anilines is 2. The predicted octanol–water partition coefficient (Wildman–Crippen LogP) is 1.15. The maximum Gasteiger partial charge on any atom is 0.260 e.